The summed E-state index contributed by atoms with van der Waals surface area (Å²) in [6.45, 7) is 3.10. The van der Waals surface area contributed by atoms with Crippen molar-refractivity contribution >= 4 is 23.3 Å². The first-order valence-corrected chi connectivity index (χ1v) is 5.52. The molecule has 0 saturated carbocycles. The summed E-state index contributed by atoms with van der Waals surface area (Å²) in [4.78, 5) is 2.18. The van der Waals surface area contributed by atoms with Gasteiger partial charge in [-0.2, -0.15) is 0 Å². The van der Waals surface area contributed by atoms with Crippen LogP contribution < -0.4 is 0 Å². The van der Waals surface area contributed by atoms with Crippen molar-refractivity contribution in [1.82, 2.24) is 14.5 Å². The van der Waals surface area contributed by atoms with Gasteiger partial charge in [0.15, 0.2) is 0 Å². The summed E-state index contributed by atoms with van der Waals surface area (Å²) in [5, 5.41) is 3.95. The maximum atomic E-state index is 3.95. The lowest BCUT2D eigenvalue weighted by Crippen LogP contribution is -2.14. The maximum absolute atomic E-state index is 3.95. The monoisotopic (exact) mass is 203 g/mol. The Kier molecular flexibility index (Phi) is 3.97. The quantitative estimate of drug-likeness (QED) is 0.694. The molecule has 3 nitrogen and oxygen atoms in total. The van der Waals surface area contributed by atoms with Gasteiger partial charge in [-0.15, -0.1) is 16.9 Å². The van der Waals surface area contributed by atoms with Gasteiger partial charge < -0.3 is 4.90 Å². The van der Waals surface area contributed by atoms with Crippen LogP contribution in [0.3, 0.4) is 0 Å². The molecule has 0 radical (unpaired) electrons. The first kappa shape index (κ1) is 9.95. The van der Waals surface area contributed by atoms with E-state index in [2.05, 4.69) is 28.6 Å². The fourth-order valence-corrected chi connectivity index (χ4v) is 2.54. The molecule has 5 heteroatoms. The van der Waals surface area contributed by atoms with Gasteiger partial charge in [-0.1, -0.05) is 4.49 Å². The SMILES string of the molecule is Cc1nnsc1SCCN(C)C. The van der Waals surface area contributed by atoms with Crippen LogP contribution in [0.1, 0.15) is 5.69 Å². The molecule has 0 aromatic carbocycles. The van der Waals surface area contributed by atoms with Gasteiger partial charge >= 0.3 is 0 Å². The van der Waals surface area contributed by atoms with E-state index in [-0.39, 0.29) is 0 Å². The molecular weight excluding hydrogens is 190 g/mol. The Bertz CT molecular complexity index is 234. The minimum Gasteiger partial charge on any atom is -0.309 e. The molecule has 1 rings (SSSR count). The van der Waals surface area contributed by atoms with E-state index in [0.717, 1.165) is 18.0 Å². The fraction of sp³-hybridized carbons (Fsp3) is 0.714. The fourth-order valence-electron chi connectivity index (χ4n) is 0.677. The lowest BCUT2D eigenvalue weighted by atomic mass is 10.6. The second kappa shape index (κ2) is 4.79. The first-order valence-electron chi connectivity index (χ1n) is 3.76. The Labute approximate surface area is 81.3 Å². The summed E-state index contributed by atoms with van der Waals surface area (Å²) in [5.74, 6) is 1.11. The number of hydrogen-bond acceptors (Lipinski definition) is 5. The van der Waals surface area contributed by atoms with Crippen molar-refractivity contribution in [1.29, 1.82) is 0 Å². The molecule has 0 bridgehead atoms. The molecule has 0 fully saturated rings. The minimum atomic E-state index is 1.06. The van der Waals surface area contributed by atoms with Gasteiger partial charge in [0.1, 0.15) is 4.21 Å². The highest BCUT2D eigenvalue weighted by atomic mass is 32.2. The Morgan fingerprint density at radius 1 is 1.50 bits per heavy atom. The minimum absolute atomic E-state index is 1.06. The molecular formula is C7H13N3S2. The van der Waals surface area contributed by atoms with Crippen LogP contribution in [0.15, 0.2) is 4.21 Å². The van der Waals surface area contributed by atoms with Crippen molar-refractivity contribution in [3.05, 3.63) is 5.69 Å². The molecule has 0 amide bonds. The standard InChI is InChI=1S/C7H13N3S2/c1-6-7(12-9-8-6)11-5-4-10(2)3/h4-5H2,1-3H3. The molecule has 0 aliphatic carbocycles. The number of aryl methyl sites for hydroxylation is 1. The van der Waals surface area contributed by atoms with Crippen molar-refractivity contribution in [3.63, 3.8) is 0 Å². The zero-order valence-electron chi connectivity index (χ0n) is 7.57. The number of aromatic nitrogens is 2. The van der Waals surface area contributed by atoms with Crippen LogP contribution >= 0.6 is 23.3 Å². The Morgan fingerprint density at radius 2 is 2.25 bits per heavy atom. The Morgan fingerprint density at radius 3 is 2.75 bits per heavy atom. The van der Waals surface area contributed by atoms with E-state index in [4.69, 9.17) is 0 Å². The molecule has 1 aromatic heterocycles. The van der Waals surface area contributed by atoms with E-state index in [1.165, 1.54) is 15.7 Å². The lowest BCUT2D eigenvalue weighted by Gasteiger charge is -2.07. The summed E-state index contributed by atoms with van der Waals surface area (Å²) < 4.78 is 5.12. The van der Waals surface area contributed by atoms with Crippen molar-refractivity contribution in [2.24, 2.45) is 0 Å². The summed E-state index contributed by atoms with van der Waals surface area (Å²) in [7, 11) is 4.16. The third-order valence-corrected chi connectivity index (χ3v) is 3.53. The number of rotatable bonds is 4. The highest BCUT2D eigenvalue weighted by Crippen LogP contribution is 2.23. The van der Waals surface area contributed by atoms with Crippen molar-refractivity contribution in [2.75, 3.05) is 26.4 Å². The highest BCUT2D eigenvalue weighted by molar-refractivity contribution is 8.01. The van der Waals surface area contributed by atoms with E-state index >= 15 is 0 Å². The highest BCUT2D eigenvalue weighted by Gasteiger charge is 2.02. The van der Waals surface area contributed by atoms with Gasteiger partial charge in [0.2, 0.25) is 0 Å². The number of nitrogens with zero attached hydrogens (tertiary/aromatic N) is 3. The normalized spacial score (nSPS) is 11.0. The van der Waals surface area contributed by atoms with E-state index < -0.39 is 0 Å². The molecule has 12 heavy (non-hydrogen) atoms. The van der Waals surface area contributed by atoms with Gasteiger partial charge in [-0.25, -0.2) is 0 Å². The van der Waals surface area contributed by atoms with Crippen LogP contribution in [-0.2, 0) is 0 Å². The molecule has 68 valence electrons. The molecule has 0 atom stereocenters. The third kappa shape index (κ3) is 3.08. The molecule has 0 N–H and O–H groups in total. The predicted molar refractivity (Wildman–Crippen MR) is 53.9 cm³/mol. The third-order valence-electron chi connectivity index (χ3n) is 1.38. The van der Waals surface area contributed by atoms with Crippen molar-refractivity contribution in [3.8, 4) is 0 Å². The van der Waals surface area contributed by atoms with Gasteiger partial charge in [-0.3, -0.25) is 0 Å². The van der Waals surface area contributed by atoms with Crippen LogP contribution in [-0.4, -0.2) is 40.9 Å². The first-order chi connectivity index (χ1) is 5.70. The summed E-state index contributed by atoms with van der Waals surface area (Å²) in [6, 6.07) is 0. The van der Waals surface area contributed by atoms with E-state index in [0.29, 0.717) is 0 Å². The van der Waals surface area contributed by atoms with Crippen molar-refractivity contribution in [2.45, 2.75) is 11.1 Å². The van der Waals surface area contributed by atoms with Crippen LogP contribution in [0.5, 0.6) is 0 Å². The molecule has 0 unspecified atom stereocenters. The van der Waals surface area contributed by atoms with E-state index in [1.54, 1.807) is 0 Å². The van der Waals surface area contributed by atoms with Crippen LogP contribution in [0, 0.1) is 6.92 Å². The summed E-state index contributed by atoms with van der Waals surface area (Å²) in [6.07, 6.45) is 0. The van der Waals surface area contributed by atoms with Crippen LogP contribution in [0.4, 0.5) is 0 Å². The molecule has 0 aliphatic rings. The molecule has 1 aromatic rings. The molecule has 0 aliphatic heterocycles. The Balaban J connectivity index is 2.29. The zero-order valence-corrected chi connectivity index (χ0v) is 9.21. The van der Waals surface area contributed by atoms with Gasteiger partial charge in [0.25, 0.3) is 0 Å². The van der Waals surface area contributed by atoms with E-state index in [1.807, 2.05) is 18.7 Å². The van der Waals surface area contributed by atoms with Crippen molar-refractivity contribution < 1.29 is 0 Å². The van der Waals surface area contributed by atoms with Crippen LogP contribution in [0.25, 0.3) is 0 Å². The average Bonchev–Trinajstić information content (AvgIpc) is 2.36. The van der Waals surface area contributed by atoms with Gasteiger partial charge in [0.05, 0.1) is 5.69 Å². The van der Waals surface area contributed by atoms with Gasteiger partial charge in [0, 0.05) is 12.3 Å². The topological polar surface area (TPSA) is 29.0 Å². The molecule has 0 saturated heterocycles. The number of hydrogen-bond donors (Lipinski definition) is 0. The second-order valence-electron chi connectivity index (χ2n) is 2.80. The largest absolute Gasteiger partial charge is 0.309 e. The van der Waals surface area contributed by atoms with Gasteiger partial charge in [-0.05, 0) is 32.6 Å². The predicted octanol–water partition coefficient (Wildman–Crippen LogP) is 1.50. The second-order valence-corrected chi connectivity index (χ2v) is 4.92. The molecule has 1 heterocycles. The molecule has 0 spiro atoms. The summed E-state index contributed by atoms with van der Waals surface area (Å²) >= 11 is 3.32. The summed E-state index contributed by atoms with van der Waals surface area (Å²) in [5.41, 5.74) is 1.06. The smallest absolute Gasteiger partial charge is 0.104 e. The average molecular weight is 203 g/mol. The Hall–Kier alpha value is -0.130. The number of thioether (sulfide) groups is 1. The maximum Gasteiger partial charge on any atom is 0.104 e. The zero-order chi connectivity index (χ0) is 8.97. The van der Waals surface area contributed by atoms with E-state index in [9.17, 15) is 0 Å². The van der Waals surface area contributed by atoms with Crippen LogP contribution in [0.2, 0.25) is 0 Å². The lowest BCUT2D eigenvalue weighted by molar-refractivity contribution is 0.437.